The minimum atomic E-state index is -0.859. The van der Waals surface area contributed by atoms with Crippen LogP contribution >= 0.6 is 0 Å². The third kappa shape index (κ3) is 7.32. The zero-order chi connectivity index (χ0) is 27.3. The predicted octanol–water partition coefficient (Wildman–Crippen LogP) is 4.13. The number of carbonyl (C=O) groups excluding carboxylic acids is 2. The number of amides is 2. The summed E-state index contributed by atoms with van der Waals surface area (Å²) >= 11 is 0. The van der Waals surface area contributed by atoms with Crippen molar-refractivity contribution in [3.63, 3.8) is 0 Å². The highest BCUT2D eigenvalue weighted by Gasteiger charge is 2.49. The molecule has 1 aliphatic carbocycles. The molecule has 1 aromatic carbocycles. The summed E-state index contributed by atoms with van der Waals surface area (Å²) < 4.78 is 27.2. The zero-order valence-corrected chi connectivity index (χ0v) is 23.3. The van der Waals surface area contributed by atoms with Crippen LogP contribution in [0.1, 0.15) is 77.7 Å². The fourth-order valence-electron chi connectivity index (χ4n) is 6.60. The third-order valence-corrected chi connectivity index (χ3v) is 8.72. The first-order chi connectivity index (χ1) is 18.1. The summed E-state index contributed by atoms with van der Waals surface area (Å²) in [6, 6.07) is 5.74. The van der Waals surface area contributed by atoms with Gasteiger partial charge in [-0.05, 0) is 82.9 Å². The van der Waals surface area contributed by atoms with E-state index in [1.54, 1.807) is 12.1 Å². The maximum Gasteiger partial charge on any atom is 0.240 e. The molecule has 8 heteroatoms. The number of alkyl halides is 1. The molecule has 3 fully saturated rings. The molecular weight excluding hydrogens is 486 g/mol. The smallest absolute Gasteiger partial charge is 0.240 e. The maximum absolute atomic E-state index is 13.8. The second-order valence-electron chi connectivity index (χ2n) is 12.8. The van der Waals surface area contributed by atoms with E-state index in [9.17, 15) is 18.4 Å². The van der Waals surface area contributed by atoms with Gasteiger partial charge in [-0.3, -0.25) is 9.59 Å². The van der Waals surface area contributed by atoms with E-state index in [1.165, 1.54) is 18.6 Å². The first kappa shape index (κ1) is 28.9. The Bertz CT molecular complexity index is 935. The number of carbonyl (C=O) groups is 2. The zero-order valence-electron chi connectivity index (χ0n) is 23.3. The number of nitrogens with zero attached hydrogens (tertiary/aromatic N) is 1. The van der Waals surface area contributed by atoms with Crippen molar-refractivity contribution >= 4 is 11.8 Å². The van der Waals surface area contributed by atoms with Crippen molar-refractivity contribution in [3.05, 3.63) is 35.6 Å². The number of halogens is 2. The minimum absolute atomic E-state index is 0.00223. The lowest BCUT2D eigenvalue weighted by atomic mass is 9.63. The van der Waals surface area contributed by atoms with E-state index in [0.29, 0.717) is 57.8 Å². The monoisotopic (exact) mass is 532 g/mol. The van der Waals surface area contributed by atoms with Crippen LogP contribution in [0.5, 0.6) is 0 Å². The summed E-state index contributed by atoms with van der Waals surface area (Å²) in [4.78, 5) is 29.4. The lowest BCUT2D eigenvalue weighted by Crippen LogP contribution is -2.59. The molecular formula is C30H46F2N4O2. The van der Waals surface area contributed by atoms with Gasteiger partial charge in [-0.25, -0.2) is 8.78 Å². The highest BCUT2D eigenvalue weighted by atomic mass is 19.1. The lowest BCUT2D eigenvalue weighted by Gasteiger charge is -2.48. The van der Waals surface area contributed by atoms with Gasteiger partial charge < -0.3 is 20.9 Å². The Kier molecular flexibility index (Phi) is 9.45. The predicted molar refractivity (Wildman–Crippen MR) is 146 cm³/mol. The van der Waals surface area contributed by atoms with Crippen LogP contribution in [-0.2, 0) is 16.0 Å². The van der Waals surface area contributed by atoms with Gasteiger partial charge >= 0.3 is 0 Å². The molecule has 6 nitrogen and oxygen atoms in total. The molecule has 2 saturated heterocycles. The summed E-state index contributed by atoms with van der Waals surface area (Å²) in [5.74, 6) is 0.180. The number of hydrogen-bond acceptors (Lipinski definition) is 4. The van der Waals surface area contributed by atoms with Gasteiger partial charge in [0.05, 0.1) is 11.5 Å². The average molecular weight is 533 g/mol. The van der Waals surface area contributed by atoms with Crippen LogP contribution in [0, 0.1) is 17.2 Å². The molecule has 0 bridgehead atoms. The molecule has 0 radical (unpaired) electrons. The van der Waals surface area contributed by atoms with Crippen molar-refractivity contribution in [1.29, 1.82) is 0 Å². The maximum atomic E-state index is 13.8. The Hall–Kier alpha value is -2.06. The van der Waals surface area contributed by atoms with E-state index in [-0.39, 0.29) is 29.2 Å². The Labute approximate surface area is 226 Å². The van der Waals surface area contributed by atoms with Gasteiger partial charge in [-0.1, -0.05) is 31.4 Å². The van der Waals surface area contributed by atoms with E-state index in [2.05, 4.69) is 16.0 Å². The Balaban J connectivity index is 1.46. The van der Waals surface area contributed by atoms with Gasteiger partial charge in [-0.2, -0.15) is 0 Å². The van der Waals surface area contributed by atoms with Crippen LogP contribution in [0.15, 0.2) is 24.3 Å². The van der Waals surface area contributed by atoms with E-state index >= 15 is 0 Å². The highest BCUT2D eigenvalue weighted by Crippen LogP contribution is 2.46. The molecule has 3 N–H and O–H groups in total. The lowest BCUT2D eigenvalue weighted by molar-refractivity contribution is -0.147. The van der Waals surface area contributed by atoms with Crippen molar-refractivity contribution < 1.29 is 18.4 Å². The molecule has 1 saturated carbocycles. The second kappa shape index (κ2) is 12.4. The van der Waals surface area contributed by atoms with Gasteiger partial charge in [0.2, 0.25) is 11.8 Å². The van der Waals surface area contributed by atoms with Crippen LogP contribution in [-0.4, -0.2) is 66.7 Å². The number of piperidine rings is 1. The van der Waals surface area contributed by atoms with E-state index in [0.717, 1.165) is 31.2 Å². The molecule has 2 amide bonds. The van der Waals surface area contributed by atoms with Gasteiger partial charge in [-0.15, -0.1) is 0 Å². The van der Waals surface area contributed by atoms with E-state index in [1.807, 2.05) is 25.7 Å². The van der Waals surface area contributed by atoms with Gasteiger partial charge in [0.1, 0.15) is 12.0 Å². The molecule has 0 aromatic heterocycles. The fraction of sp³-hybridized carbons (Fsp3) is 0.733. The summed E-state index contributed by atoms with van der Waals surface area (Å²) in [6.45, 7) is 7.99. The van der Waals surface area contributed by atoms with Crippen molar-refractivity contribution in [2.45, 2.75) is 102 Å². The number of nitrogens with one attached hydrogen (secondary N) is 3. The van der Waals surface area contributed by atoms with Gasteiger partial charge in [0, 0.05) is 37.8 Å². The molecule has 0 spiro atoms. The number of hydrogen-bond donors (Lipinski definition) is 3. The number of likely N-dealkylation sites (tertiary alicyclic amines) is 1. The summed E-state index contributed by atoms with van der Waals surface area (Å²) in [7, 11) is 0. The first-order valence-electron chi connectivity index (χ1n) is 14.5. The van der Waals surface area contributed by atoms with E-state index in [4.69, 9.17) is 0 Å². The van der Waals surface area contributed by atoms with Crippen LogP contribution < -0.4 is 16.0 Å². The summed E-state index contributed by atoms with van der Waals surface area (Å²) in [6.07, 6.45) is 7.04. The number of rotatable bonds is 8. The Morgan fingerprint density at radius 3 is 2.34 bits per heavy atom. The minimum Gasteiger partial charge on any atom is -0.351 e. The topological polar surface area (TPSA) is 73.5 Å². The molecule has 1 aromatic rings. The first-order valence-corrected chi connectivity index (χ1v) is 14.5. The molecule has 3 aliphatic rings. The molecule has 2 heterocycles. The highest BCUT2D eigenvalue weighted by molar-refractivity contribution is 5.85. The Morgan fingerprint density at radius 1 is 1.11 bits per heavy atom. The standard InChI is InChI=1S/C30H46F2N4O2/c1-29(2,3)35-28(38)30(22-7-5-4-6-8-22)13-15-36(16-14-30)27(37)26(17-21-9-11-23(31)12-10-21)34-20-25-18-24(32)19-33-25/h9-12,22,24-26,33-34H,4-8,13-20H2,1-3H3,(H,35,38)/t24?,25?,26-/m1/s1. The van der Waals surface area contributed by atoms with Crippen LogP contribution in [0.2, 0.25) is 0 Å². The van der Waals surface area contributed by atoms with E-state index < -0.39 is 17.6 Å². The van der Waals surface area contributed by atoms with Crippen LogP contribution in [0.4, 0.5) is 8.78 Å². The summed E-state index contributed by atoms with van der Waals surface area (Å²) in [5.41, 5.74) is 0.134. The molecule has 4 rings (SSSR count). The second-order valence-corrected chi connectivity index (χ2v) is 12.8. The molecule has 2 aliphatic heterocycles. The Morgan fingerprint density at radius 2 is 1.76 bits per heavy atom. The summed E-state index contributed by atoms with van der Waals surface area (Å²) in [5, 5.41) is 9.82. The third-order valence-electron chi connectivity index (χ3n) is 8.72. The average Bonchev–Trinajstić information content (AvgIpc) is 3.31. The van der Waals surface area contributed by atoms with Crippen molar-refractivity contribution in [2.75, 3.05) is 26.2 Å². The van der Waals surface area contributed by atoms with Crippen molar-refractivity contribution in [1.82, 2.24) is 20.9 Å². The number of benzene rings is 1. The fourth-order valence-corrected chi connectivity index (χ4v) is 6.60. The SMILES string of the molecule is CC(C)(C)NC(=O)C1(C2CCCCC2)CCN(C(=O)[C@@H](Cc2ccc(F)cc2)NCC2CC(F)CN2)CC1. The quantitative estimate of drug-likeness (QED) is 0.471. The molecule has 38 heavy (non-hydrogen) atoms. The molecule has 2 unspecified atom stereocenters. The van der Waals surface area contributed by atoms with Crippen LogP contribution in [0.3, 0.4) is 0 Å². The van der Waals surface area contributed by atoms with Crippen LogP contribution in [0.25, 0.3) is 0 Å². The van der Waals surface area contributed by atoms with Crippen molar-refractivity contribution in [3.8, 4) is 0 Å². The van der Waals surface area contributed by atoms with Gasteiger partial charge in [0.25, 0.3) is 0 Å². The normalized spacial score (nSPS) is 25.2. The van der Waals surface area contributed by atoms with Crippen molar-refractivity contribution in [2.24, 2.45) is 11.3 Å². The molecule has 212 valence electrons. The van der Waals surface area contributed by atoms with Gasteiger partial charge in [0.15, 0.2) is 0 Å². The largest absolute Gasteiger partial charge is 0.351 e. The molecule has 3 atom stereocenters.